The zero-order chi connectivity index (χ0) is 29.8. The van der Waals surface area contributed by atoms with E-state index in [-0.39, 0.29) is 18.4 Å². The van der Waals surface area contributed by atoms with Crippen molar-refractivity contribution in [2.24, 2.45) is 7.05 Å². The minimum atomic E-state index is -1.12. The minimum absolute atomic E-state index is 0.119. The van der Waals surface area contributed by atoms with Crippen LogP contribution in [0.2, 0.25) is 0 Å². The van der Waals surface area contributed by atoms with Gasteiger partial charge in [-0.3, -0.25) is 9.48 Å². The lowest BCUT2D eigenvalue weighted by Crippen LogP contribution is -2.47. The number of carbonyl (C=O) groups is 2. The Hall–Kier alpha value is -5.38. The van der Waals surface area contributed by atoms with Crippen molar-refractivity contribution < 1.29 is 24.2 Å². The molecule has 1 fully saturated rings. The van der Waals surface area contributed by atoms with Gasteiger partial charge >= 0.3 is 6.09 Å². The molecule has 1 aliphatic rings. The summed E-state index contributed by atoms with van der Waals surface area (Å²) in [5.41, 5.74) is 5.04. The standard InChI is InChI=1S/C33H31N5O5/c1-37-28-19-25(38-17-16-24(18-30(38)39)34-33(40)41)12-13-26(28)31(36-37)27-14-15-29(42-20-22-8-4-2-5-9-22)35-32(27)43-21-23-10-6-3-7-11-23/h2-15,19,24,34H,16-18,20-21H2,1H3,(H,40,41). The fourth-order valence-electron chi connectivity index (χ4n) is 5.27. The van der Waals surface area contributed by atoms with Crippen LogP contribution in [-0.4, -0.2) is 44.5 Å². The summed E-state index contributed by atoms with van der Waals surface area (Å²) in [4.78, 5) is 30.3. The molecule has 10 heteroatoms. The molecular weight excluding hydrogens is 546 g/mol. The number of aryl methyl sites for hydroxylation is 1. The smallest absolute Gasteiger partial charge is 0.404 e. The van der Waals surface area contributed by atoms with Crippen LogP contribution in [0.4, 0.5) is 10.5 Å². The first kappa shape index (κ1) is 27.8. The summed E-state index contributed by atoms with van der Waals surface area (Å²) in [7, 11) is 1.86. The number of ether oxygens (including phenoxy) is 2. The van der Waals surface area contributed by atoms with Crippen molar-refractivity contribution in [3.63, 3.8) is 0 Å². The van der Waals surface area contributed by atoms with Crippen molar-refractivity contribution in [3.05, 3.63) is 102 Å². The first-order valence-corrected chi connectivity index (χ1v) is 14.1. The Morgan fingerprint density at radius 2 is 1.65 bits per heavy atom. The van der Waals surface area contributed by atoms with Gasteiger partial charge in [0.05, 0.1) is 11.1 Å². The van der Waals surface area contributed by atoms with Crippen LogP contribution in [-0.2, 0) is 25.1 Å². The number of benzene rings is 3. The van der Waals surface area contributed by atoms with E-state index in [4.69, 9.17) is 24.7 Å². The minimum Gasteiger partial charge on any atom is -0.473 e. The van der Waals surface area contributed by atoms with Gasteiger partial charge in [0.1, 0.15) is 18.9 Å². The fraction of sp³-hybridized carbons (Fsp3) is 0.212. The number of anilines is 1. The van der Waals surface area contributed by atoms with Crippen LogP contribution >= 0.6 is 0 Å². The Kier molecular flexibility index (Phi) is 7.90. The van der Waals surface area contributed by atoms with E-state index in [1.807, 2.05) is 98.0 Å². The molecule has 43 heavy (non-hydrogen) atoms. The molecular formula is C33H31N5O5. The number of aromatic nitrogens is 3. The van der Waals surface area contributed by atoms with E-state index in [0.717, 1.165) is 33.3 Å². The molecule has 0 aliphatic carbocycles. The molecule has 0 saturated carbocycles. The van der Waals surface area contributed by atoms with Crippen molar-refractivity contribution in [1.82, 2.24) is 20.1 Å². The molecule has 2 amide bonds. The summed E-state index contributed by atoms with van der Waals surface area (Å²) >= 11 is 0. The second-order valence-corrected chi connectivity index (χ2v) is 10.4. The lowest BCUT2D eigenvalue weighted by Gasteiger charge is -2.31. The topological polar surface area (TPSA) is 119 Å². The first-order chi connectivity index (χ1) is 20.9. The van der Waals surface area contributed by atoms with Crippen LogP contribution < -0.4 is 19.7 Å². The van der Waals surface area contributed by atoms with Crippen LogP contribution in [0.15, 0.2) is 91.0 Å². The highest BCUT2D eigenvalue weighted by atomic mass is 16.5. The fourth-order valence-corrected chi connectivity index (χ4v) is 5.27. The normalized spacial score (nSPS) is 15.0. The number of hydrogen-bond acceptors (Lipinski definition) is 6. The number of rotatable bonds is 9. The molecule has 0 spiro atoms. The average Bonchev–Trinajstić information content (AvgIpc) is 3.35. The second kappa shape index (κ2) is 12.2. The van der Waals surface area contributed by atoms with E-state index in [9.17, 15) is 9.59 Å². The Balaban J connectivity index is 1.30. The highest BCUT2D eigenvalue weighted by Crippen LogP contribution is 2.37. The number of nitrogens with one attached hydrogen (secondary N) is 1. The van der Waals surface area contributed by atoms with Crippen LogP contribution in [0.1, 0.15) is 24.0 Å². The molecule has 6 rings (SSSR count). The molecule has 0 bridgehead atoms. The van der Waals surface area contributed by atoms with Crippen molar-refractivity contribution >= 4 is 28.6 Å². The van der Waals surface area contributed by atoms with E-state index >= 15 is 0 Å². The molecule has 3 heterocycles. The van der Waals surface area contributed by atoms with E-state index in [0.29, 0.717) is 43.6 Å². The molecule has 10 nitrogen and oxygen atoms in total. The number of carbonyl (C=O) groups excluding carboxylic acids is 1. The summed E-state index contributed by atoms with van der Waals surface area (Å²) in [6, 6.07) is 28.9. The van der Waals surface area contributed by atoms with Gasteiger partial charge in [0, 0.05) is 43.2 Å². The van der Waals surface area contributed by atoms with Crippen LogP contribution in [0, 0.1) is 0 Å². The predicted octanol–water partition coefficient (Wildman–Crippen LogP) is 5.56. The highest BCUT2D eigenvalue weighted by Gasteiger charge is 2.28. The number of hydrogen-bond donors (Lipinski definition) is 2. The number of piperidine rings is 1. The molecule has 1 aliphatic heterocycles. The third-order valence-electron chi connectivity index (χ3n) is 7.44. The van der Waals surface area contributed by atoms with E-state index < -0.39 is 6.09 Å². The van der Waals surface area contributed by atoms with E-state index in [1.165, 1.54) is 0 Å². The molecule has 3 aromatic carbocycles. The van der Waals surface area contributed by atoms with Crippen molar-refractivity contribution in [1.29, 1.82) is 0 Å². The maximum absolute atomic E-state index is 12.9. The van der Waals surface area contributed by atoms with Gasteiger partial charge in [0.15, 0.2) is 0 Å². The monoisotopic (exact) mass is 577 g/mol. The zero-order valence-corrected chi connectivity index (χ0v) is 23.6. The van der Waals surface area contributed by atoms with E-state index in [2.05, 4.69) is 5.32 Å². The molecule has 2 aromatic heterocycles. The quantitative estimate of drug-likeness (QED) is 0.236. The van der Waals surface area contributed by atoms with Gasteiger partial charge in [-0.05, 0) is 41.8 Å². The van der Waals surface area contributed by atoms with Gasteiger partial charge in [-0.15, -0.1) is 0 Å². The molecule has 5 aromatic rings. The molecule has 1 atom stereocenters. The van der Waals surface area contributed by atoms with Crippen molar-refractivity contribution in [2.45, 2.75) is 32.1 Å². The largest absolute Gasteiger partial charge is 0.473 e. The van der Waals surface area contributed by atoms with E-state index in [1.54, 1.807) is 9.58 Å². The number of fused-ring (bicyclic) bond motifs is 1. The van der Waals surface area contributed by atoms with Crippen LogP contribution in [0.5, 0.6) is 11.8 Å². The number of carboxylic acid groups (broad SMARTS) is 1. The van der Waals surface area contributed by atoms with Gasteiger partial charge in [-0.1, -0.05) is 60.7 Å². The maximum Gasteiger partial charge on any atom is 0.404 e. The SMILES string of the molecule is Cn1nc(-c2ccc(OCc3ccccc3)nc2OCc2ccccc2)c2ccc(N3CCC(NC(=O)O)CC3=O)cc21. The van der Waals surface area contributed by atoms with Gasteiger partial charge in [-0.25, -0.2) is 4.79 Å². The summed E-state index contributed by atoms with van der Waals surface area (Å²) in [5.74, 6) is 0.720. The lowest BCUT2D eigenvalue weighted by atomic mass is 10.0. The maximum atomic E-state index is 12.9. The van der Waals surface area contributed by atoms with Crippen molar-refractivity contribution in [2.75, 3.05) is 11.4 Å². The predicted molar refractivity (Wildman–Crippen MR) is 162 cm³/mol. The number of pyridine rings is 1. The zero-order valence-electron chi connectivity index (χ0n) is 23.6. The molecule has 1 unspecified atom stereocenters. The Bertz CT molecular complexity index is 1760. The average molecular weight is 578 g/mol. The number of nitrogens with zero attached hydrogens (tertiary/aromatic N) is 4. The molecule has 218 valence electrons. The van der Waals surface area contributed by atoms with Crippen LogP contribution in [0.25, 0.3) is 22.2 Å². The summed E-state index contributed by atoms with van der Waals surface area (Å²) < 4.78 is 14.0. The van der Waals surface area contributed by atoms with Gasteiger partial charge in [-0.2, -0.15) is 10.1 Å². The van der Waals surface area contributed by atoms with Gasteiger partial charge in [0.25, 0.3) is 0 Å². The molecule has 2 N–H and O–H groups in total. The van der Waals surface area contributed by atoms with Gasteiger partial charge in [0.2, 0.25) is 17.7 Å². The first-order valence-electron chi connectivity index (χ1n) is 14.1. The Labute approximate surface area is 248 Å². The molecule has 1 saturated heterocycles. The number of amides is 2. The summed E-state index contributed by atoms with van der Waals surface area (Å²) in [5, 5.41) is 17.1. The Morgan fingerprint density at radius 3 is 2.33 bits per heavy atom. The van der Waals surface area contributed by atoms with Crippen LogP contribution in [0.3, 0.4) is 0 Å². The second-order valence-electron chi connectivity index (χ2n) is 10.4. The highest BCUT2D eigenvalue weighted by molar-refractivity contribution is 6.00. The van der Waals surface area contributed by atoms with Crippen molar-refractivity contribution in [3.8, 4) is 23.0 Å². The lowest BCUT2D eigenvalue weighted by molar-refractivity contribution is -0.120. The summed E-state index contributed by atoms with van der Waals surface area (Å²) in [6.07, 6.45) is -0.459. The van der Waals surface area contributed by atoms with Gasteiger partial charge < -0.3 is 24.8 Å². The summed E-state index contributed by atoms with van der Waals surface area (Å²) in [6.45, 7) is 1.13. The molecule has 0 radical (unpaired) electrons. The third-order valence-corrected chi connectivity index (χ3v) is 7.44. The third kappa shape index (κ3) is 6.28. The Morgan fingerprint density at radius 1 is 0.953 bits per heavy atom.